The molecule has 2 heteroatoms. The van der Waals surface area contributed by atoms with E-state index in [2.05, 4.69) is 24.5 Å². The van der Waals surface area contributed by atoms with Crippen molar-refractivity contribution in [2.75, 3.05) is 6.54 Å². The fourth-order valence-corrected chi connectivity index (χ4v) is 7.16. The summed E-state index contributed by atoms with van der Waals surface area (Å²) in [6.45, 7) is 8.11. The van der Waals surface area contributed by atoms with Crippen LogP contribution in [-0.4, -0.2) is 29.3 Å². The van der Waals surface area contributed by atoms with Gasteiger partial charge in [0.05, 0.1) is 0 Å². The van der Waals surface area contributed by atoms with Crippen molar-refractivity contribution >= 4 is 5.78 Å². The Bertz CT molecular complexity index is 590. The number of ketones is 1. The smallest absolute Gasteiger partial charge is 0.137 e. The summed E-state index contributed by atoms with van der Waals surface area (Å²) in [4.78, 5) is 14.7. The molecule has 0 N–H and O–H groups in total. The Kier molecular flexibility index (Phi) is 2.23. The molecule has 0 aromatic heterocycles. The molecule has 3 heterocycles. The molecule has 2 nitrogen and oxygen atoms in total. The van der Waals surface area contributed by atoms with E-state index in [4.69, 9.17) is 0 Å². The molecule has 0 amide bonds. The van der Waals surface area contributed by atoms with Crippen molar-refractivity contribution in [3.8, 4) is 0 Å². The Balaban J connectivity index is 1.69. The summed E-state index contributed by atoms with van der Waals surface area (Å²) in [5, 5.41) is 0. The van der Waals surface area contributed by atoms with Crippen molar-refractivity contribution in [2.24, 2.45) is 16.7 Å². The number of carbonyl (C=O) groups is 1. The highest BCUT2D eigenvalue weighted by Gasteiger charge is 2.71. The van der Waals surface area contributed by atoms with Crippen molar-refractivity contribution in [3.63, 3.8) is 0 Å². The first-order valence-electron chi connectivity index (χ1n) is 8.71. The Labute approximate surface area is 127 Å². The van der Waals surface area contributed by atoms with Crippen molar-refractivity contribution in [1.29, 1.82) is 0 Å². The zero-order valence-electron chi connectivity index (χ0n) is 13.0. The Morgan fingerprint density at radius 1 is 1.33 bits per heavy atom. The van der Waals surface area contributed by atoms with Gasteiger partial charge in [-0.3, -0.25) is 9.69 Å². The first kappa shape index (κ1) is 12.6. The minimum absolute atomic E-state index is 0.313. The van der Waals surface area contributed by atoms with Crippen LogP contribution in [0.3, 0.4) is 0 Å². The molecule has 21 heavy (non-hydrogen) atoms. The van der Waals surface area contributed by atoms with Crippen LogP contribution in [-0.2, 0) is 4.79 Å². The zero-order valence-corrected chi connectivity index (χ0v) is 13.0. The van der Waals surface area contributed by atoms with Crippen LogP contribution in [0, 0.1) is 16.7 Å². The average molecular weight is 283 g/mol. The van der Waals surface area contributed by atoms with Gasteiger partial charge in [-0.2, -0.15) is 0 Å². The molecule has 3 aliphatic heterocycles. The molecule has 0 aromatic carbocycles. The maximum Gasteiger partial charge on any atom is 0.137 e. The summed E-state index contributed by atoms with van der Waals surface area (Å²) in [6, 6.07) is 1.29. The van der Waals surface area contributed by atoms with Gasteiger partial charge >= 0.3 is 0 Å². The van der Waals surface area contributed by atoms with Crippen molar-refractivity contribution in [1.82, 2.24) is 4.90 Å². The van der Waals surface area contributed by atoms with Gasteiger partial charge in [0.1, 0.15) is 5.78 Å². The monoisotopic (exact) mass is 283 g/mol. The molecule has 5 rings (SSSR count). The van der Waals surface area contributed by atoms with Gasteiger partial charge in [-0.15, -0.1) is 6.58 Å². The van der Waals surface area contributed by atoms with Gasteiger partial charge in [0.2, 0.25) is 0 Å². The summed E-state index contributed by atoms with van der Waals surface area (Å²) in [7, 11) is 0. The van der Waals surface area contributed by atoms with Crippen molar-refractivity contribution in [2.45, 2.75) is 64.0 Å². The minimum atomic E-state index is 0.313. The predicted molar refractivity (Wildman–Crippen MR) is 82.9 cm³/mol. The fourth-order valence-electron chi connectivity index (χ4n) is 7.16. The second kappa shape index (κ2) is 3.71. The van der Waals surface area contributed by atoms with E-state index >= 15 is 0 Å². The number of rotatable bonds is 1. The Hall–Kier alpha value is -0.890. The zero-order chi connectivity index (χ0) is 14.4. The molecule has 1 saturated carbocycles. The van der Waals surface area contributed by atoms with E-state index in [-0.39, 0.29) is 0 Å². The highest BCUT2D eigenvalue weighted by molar-refractivity contribution is 5.83. The number of Topliss-reactive ketones (excluding diaryl/α,β-unsaturated/α-hetero) is 1. The van der Waals surface area contributed by atoms with Crippen LogP contribution in [0.5, 0.6) is 0 Å². The van der Waals surface area contributed by atoms with Crippen molar-refractivity contribution in [3.05, 3.63) is 23.8 Å². The van der Waals surface area contributed by atoms with Crippen LogP contribution in [0.15, 0.2) is 23.8 Å². The van der Waals surface area contributed by atoms with Crippen LogP contribution in [0.25, 0.3) is 0 Å². The van der Waals surface area contributed by atoms with E-state index in [0.29, 0.717) is 28.7 Å². The highest BCUT2D eigenvalue weighted by Crippen LogP contribution is 2.70. The topological polar surface area (TPSA) is 20.3 Å². The molecule has 0 aromatic rings. The lowest BCUT2D eigenvalue weighted by Gasteiger charge is -2.55. The quantitative estimate of drug-likeness (QED) is 0.687. The van der Waals surface area contributed by atoms with Crippen LogP contribution < -0.4 is 0 Å². The predicted octanol–water partition coefficient (Wildman–Crippen LogP) is 3.48. The van der Waals surface area contributed by atoms with E-state index in [1.54, 1.807) is 5.57 Å². The molecule has 2 saturated heterocycles. The normalized spacial score (nSPS) is 53.9. The SMILES string of the molecule is C=CC12CCC[C@@]3(C)CN4[C@@H](CC5=C(CCC(=O)C5)[C@@H]41)[C@@H]23. The van der Waals surface area contributed by atoms with Gasteiger partial charge in [-0.1, -0.05) is 30.6 Å². The van der Waals surface area contributed by atoms with E-state index in [1.807, 2.05) is 0 Å². The highest BCUT2D eigenvalue weighted by atomic mass is 16.1. The molecule has 0 spiro atoms. The van der Waals surface area contributed by atoms with Crippen LogP contribution in [0.4, 0.5) is 0 Å². The lowest BCUT2D eigenvalue weighted by Crippen LogP contribution is -2.55. The summed E-state index contributed by atoms with van der Waals surface area (Å²) >= 11 is 0. The number of carbonyl (C=O) groups excluding carboxylic acids is 1. The molecule has 5 aliphatic rings. The number of fused-ring (bicyclic) bond motifs is 2. The number of piperidine rings is 1. The molecular weight excluding hydrogens is 258 g/mol. The van der Waals surface area contributed by atoms with E-state index in [1.165, 1.54) is 37.8 Å². The van der Waals surface area contributed by atoms with E-state index < -0.39 is 0 Å². The summed E-state index contributed by atoms with van der Waals surface area (Å²) in [6.07, 6.45) is 10.1. The van der Waals surface area contributed by atoms with Crippen LogP contribution in [0.1, 0.15) is 51.9 Å². The number of hydrogen-bond donors (Lipinski definition) is 0. The standard InChI is InChI=1S/C19H25NO/c1-3-19-8-4-7-18(2)11-20-15(16(18)19)10-12-9-13(21)5-6-14(12)17(19)20/h3,15-17H,1,4-11H2,2H3/t15-,16+,17+,18-,19?/m0/s1. The van der Waals surface area contributed by atoms with Gasteiger partial charge in [0.25, 0.3) is 0 Å². The van der Waals surface area contributed by atoms with Crippen LogP contribution in [0.2, 0.25) is 0 Å². The maximum absolute atomic E-state index is 11.9. The molecule has 2 aliphatic carbocycles. The fraction of sp³-hybridized carbons (Fsp3) is 0.737. The lowest BCUT2D eigenvalue weighted by molar-refractivity contribution is -0.119. The van der Waals surface area contributed by atoms with Gasteiger partial charge in [-0.05, 0) is 37.0 Å². The summed E-state index contributed by atoms with van der Waals surface area (Å²) in [5.41, 5.74) is 3.98. The van der Waals surface area contributed by atoms with Crippen LogP contribution >= 0.6 is 0 Å². The summed E-state index contributed by atoms with van der Waals surface area (Å²) < 4.78 is 0. The molecule has 6 atom stereocenters. The third-order valence-corrected chi connectivity index (χ3v) is 7.59. The molecule has 0 radical (unpaired) electrons. The van der Waals surface area contributed by atoms with E-state index in [0.717, 1.165) is 25.2 Å². The molecular formula is C19H25NO. The second-order valence-corrected chi connectivity index (χ2v) is 8.49. The Morgan fingerprint density at radius 3 is 3.00 bits per heavy atom. The Morgan fingerprint density at radius 2 is 2.19 bits per heavy atom. The van der Waals surface area contributed by atoms with Crippen molar-refractivity contribution < 1.29 is 4.79 Å². The molecule has 4 bridgehead atoms. The third-order valence-electron chi connectivity index (χ3n) is 7.59. The maximum atomic E-state index is 11.9. The lowest BCUT2D eigenvalue weighted by atomic mass is 9.52. The van der Waals surface area contributed by atoms with Gasteiger partial charge in [0.15, 0.2) is 0 Å². The molecule has 112 valence electrons. The third kappa shape index (κ3) is 1.28. The second-order valence-electron chi connectivity index (χ2n) is 8.49. The average Bonchev–Trinajstić information content (AvgIpc) is 2.84. The van der Waals surface area contributed by atoms with Gasteiger partial charge in [-0.25, -0.2) is 0 Å². The number of hydrogen-bond acceptors (Lipinski definition) is 2. The van der Waals surface area contributed by atoms with E-state index in [9.17, 15) is 4.79 Å². The molecule has 3 fully saturated rings. The van der Waals surface area contributed by atoms with Gasteiger partial charge in [0, 0.05) is 36.9 Å². The molecule has 2 unspecified atom stereocenters. The first-order chi connectivity index (χ1) is 10.1. The largest absolute Gasteiger partial charge is 0.299 e. The first-order valence-corrected chi connectivity index (χ1v) is 8.71. The minimum Gasteiger partial charge on any atom is -0.299 e. The van der Waals surface area contributed by atoms with Gasteiger partial charge < -0.3 is 0 Å². The summed E-state index contributed by atoms with van der Waals surface area (Å²) in [5.74, 6) is 1.25. The number of nitrogens with zero attached hydrogens (tertiary/aromatic N) is 1.